The van der Waals surface area contributed by atoms with E-state index in [4.69, 9.17) is 9.72 Å². The van der Waals surface area contributed by atoms with Crippen LogP contribution in [0.5, 0.6) is 0 Å². The highest BCUT2D eigenvalue weighted by Crippen LogP contribution is 2.33. The van der Waals surface area contributed by atoms with Crippen LogP contribution in [0.15, 0.2) is 42.9 Å². The van der Waals surface area contributed by atoms with E-state index in [1.807, 2.05) is 33.8 Å². The van der Waals surface area contributed by atoms with Crippen LogP contribution in [0.4, 0.5) is 11.6 Å². The highest BCUT2D eigenvalue weighted by molar-refractivity contribution is 5.92. The van der Waals surface area contributed by atoms with Crippen LogP contribution in [0.2, 0.25) is 0 Å². The highest BCUT2D eigenvalue weighted by atomic mass is 16.5. The minimum atomic E-state index is -0.255. The van der Waals surface area contributed by atoms with Crippen LogP contribution in [0, 0.1) is 6.92 Å². The number of hydrogen-bond donors (Lipinski definition) is 3. The van der Waals surface area contributed by atoms with Gasteiger partial charge in [0.25, 0.3) is 5.91 Å². The summed E-state index contributed by atoms with van der Waals surface area (Å²) >= 11 is 0. The Hall–Kier alpha value is -4.16. The van der Waals surface area contributed by atoms with Crippen LogP contribution in [-0.2, 0) is 16.8 Å². The van der Waals surface area contributed by atoms with E-state index >= 15 is 0 Å². The predicted molar refractivity (Wildman–Crippen MR) is 158 cm³/mol. The molecule has 4 aromatic rings. The zero-order valence-electron chi connectivity index (χ0n) is 24.6. The molecule has 0 radical (unpaired) electrons. The Morgan fingerprint density at radius 3 is 2.71 bits per heavy atom. The molecule has 1 unspecified atom stereocenters. The third kappa shape index (κ3) is 6.04. The SMILES string of the molecule is Cc1[nH]ncc1Nc1nccc(-c2ccc3c(c2)CN(C2CCOCC2)CCC3NC(=O)c2cn(C(C)(C)C)nn2)n1. The van der Waals surface area contributed by atoms with E-state index in [0.29, 0.717) is 17.7 Å². The van der Waals surface area contributed by atoms with Crippen molar-refractivity contribution in [3.63, 3.8) is 0 Å². The Labute approximate surface area is 245 Å². The van der Waals surface area contributed by atoms with E-state index in [1.165, 1.54) is 5.56 Å². The molecule has 1 fully saturated rings. The molecule has 2 aliphatic heterocycles. The molecule has 0 aliphatic carbocycles. The molecular formula is C30H38N10O2. The van der Waals surface area contributed by atoms with Gasteiger partial charge in [0, 0.05) is 44.1 Å². The van der Waals surface area contributed by atoms with Crippen molar-refractivity contribution in [1.82, 2.24) is 45.4 Å². The number of amides is 1. The summed E-state index contributed by atoms with van der Waals surface area (Å²) in [6, 6.07) is 8.62. The van der Waals surface area contributed by atoms with Crippen molar-refractivity contribution in [1.29, 1.82) is 0 Å². The number of aromatic amines is 1. The number of anilines is 2. The fraction of sp³-hybridized carbons (Fsp3) is 0.467. The molecule has 0 saturated carbocycles. The smallest absolute Gasteiger partial charge is 0.273 e. The number of carbonyl (C=O) groups excluding carboxylic acids is 1. The maximum atomic E-state index is 13.4. The zero-order valence-corrected chi connectivity index (χ0v) is 24.6. The van der Waals surface area contributed by atoms with E-state index in [-0.39, 0.29) is 17.5 Å². The second-order valence-electron chi connectivity index (χ2n) is 12.1. The fourth-order valence-corrected chi connectivity index (χ4v) is 5.61. The average Bonchev–Trinajstić information content (AvgIpc) is 3.61. The van der Waals surface area contributed by atoms with Crippen LogP contribution in [0.3, 0.4) is 0 Å². The summed E-state index contributed by atoms with van der Waals surface area (Å²) in [6.07, 6.45) is 8.02. The second-order valence-corrected chi connectivity index (χ2v) is 12.1. The number of aromatic nitrogens is 7. The summed E-state index contributed by atoms with van der Waals surface area (Å²) in [5.74, 6) is 0.287. The van der Waals surface area contributed by atoms with E-state index in [0.717, 1.165) is 73.8 Å². The molecule has 0 spiro atoms. The lowest BCUT2D eigenvalue weighted by Crippen LogP contribution is -2.39. The standard InChI is InChI=1S/C30H38N10O2/c1-19-26(16-32-36-19)35-29-31-11-7-24(34-29)20-5-6-23-21(15-20)17-39(22-9-13-42-14-10-22)12-8-25(23)33-28(41)27-18-40(38-37-27)30(2,3)4/h5-7,11,15-16,18,22,25H,8-10,12-14,17H2,1-4H3,(H,32,36)(H,33,41)(H,31,34,35). The Bertz CT molecular complexity index is 1550. The molecule has 3 aromatic heterocycles. The number of ether oxygens (including phenoxy) is 1. The summed E-state index contributed by atoms with van der Waals surface area (Å²) < 4.78 is 7.37. The number of aryl methyl sites for hydroxylation is 1. The van der Waals surface area contributed by atoms with Crippen LogP contribution in [0.25, 0.3) is 11.3 Å². The van der Waals surface area contributed by atoms with Crippen LogP contribution in [0.1, 0.15) is 73.4 Å². The number of hydrogen-bond acceptors (Lipinski definition) is 9. The predicted octanol–water partition coefficient (Wildman–Crippen LogP) is 4.12. The van der Waals surface area contributed by atoms with Gasteiger partial charge in [-0.15, -0.1) is 5.10 Å². The fourth-order valence-electron chi connectivity index (χ4n) is 5.61. The molecule has 3 N–H and O–H groups in total. The lowest BCUT2D eigenvalue weighted by atomic mass is 9.96. The first-order valence-electron chi connectivity index (χ1n) is 14.5. The van der Waals surface area contributed by atoms with Crippen molar-refractivity contribution < 1.29 is 9.53 Å². The highest BCUT2D eigenvalue weighted by Gasteiger charge is 2.30. The molecule has 2 aliphatic rings. The lowest BCUT2D eigenvalue weighted by Gasteiger charge is -2.33. The second kappa shape index (κ2) is 11.6. The van der Waals surface area contributed by atoms with Crippen LogP contribution < -0.4 is 10.6 Å². The number of rotatable bonds is 6. The van der Waals surface area contributed by atoms with Crippen molar-refractivity contribution in [3.05, 3.63) is 65.4 Å². The average molecular weight is 571 g/mol. The summed E-state index contributed by atoms with van der Waals surface area (Å²) in [6.45, 7) is 11.3. The Kier molecular flexibility index (Phi) is 7.74. The maximum absolute atomic E-state index is 13.4. The molecule has 220 valence electrons. The summed E-state index contributed by atoms with van der Waals surface area (Å²) in [5, 5.41) is 21.8. The molecule has 1 saturated heterocycles. The minimum Gasteiger partial charge on any atom is -0.381 e. The maximum Gasteiger partial charge on any atom is 0.273 e. The van der Waals surface area contributed by atoms with Gasteiger partial charge in [0.05, 0.1) is 41.0 Å². The molecule has 42 heavy (non-hydrogen) atoms. The molecule has 1 aromatic carbocycles. The van der Waals surface area contributed by atoms with Gasteiger partial charge in [0.2, 0.25) is 5.95 Å². The molecule has 5 heterocycles. The minimum absolute atomic E-state index is 0.155. The number of H-pyrrole nitrogens is 1. The topological polar surface area (TPSA) is 139 Å². The first-order chi connectivity index (χ1) is 20.2. The number of fused-ring (bicyclic) bond motifs is 1. The van der Waals surface area contributed by atoms with Crippen molar-refractivity contribution in [2.45, 2.75) is 71.1 Å². The van der Waals surface area contributed by atoms with Gasteiger partial charge in [-0.05, 0) is 70.2 Å². The first-order valence-corrected chi connectivity index (χ1v) is 14.5. The van der Waals surface area contributed by atoms with Gasteiger partial charge < -0.3 is 15.4 Å². The summed E-state index contributed by atoms with van der Waals surface area (Å²) in [4.78, 5) is 25.1. The largest absolute Gasteiger partial charge is 0.381 e. The Balaban J connectivity index is 1.29. The van der Waals surface area contributed by atoms with Crippen LogP contribution >= 0.6 is 0 Å². The van der Waals surface area contributed by atoms with E-state index < -0.39 is 0 Å². The molecule has 1 amide bonds. The van der Waals surface area contributed by atoms with Gasteiger partial charge in [0.15, 0.2) is 5.69 Å². The molecular weight excluding hydrogens is 532 g/mol. The van der Waals surface area contributed by atoms with Crippen molar-refractivity contribution >= 4 is 17.5 Å². The first kappa shape index (κ1) is 28.0. The third-order valence-corrected chi connectivity index (χ3v) is 8.05. The quantitative estimate of drug-likeness (QED) is 0.312. The Morgan fingerprint density at radius 1 is 1.14 bits per heavy atom. The number of carbonyl (C=O) groups is 1. The molecule has 6 rings (SSSR count). The summed E-state index contributed by atoms with van der Waals surface area (Å²) in [5.41, 5.74) is 5.92. The zero-order chi connectivity index (χ0) is 29.3. The van der Waals surface area contributed by atoms with Crippen molar-refractivity contribution in [2.24, 2.45) is 0 Å². The van der Waals surface area contributed by atoms with E-state index in [9.17, 15) is 4.79 Å². The Morgan fingerprint density at radius 2 is 1.98 bits per heavy atom. The number of nitrogens with one attached hydrogen (secondary N) is 3. The van der Waals surface area contributed by atoms with Crippen molar-refractivity contribution in [2.75, 3.05) is 25.1 Å². The molecule has 12 nitrogen and oxygen atoms in total. The van der Waals surface area contributed by atoms with Gasteiger partial charge in [-0.25, -0.2) is 14.6 Å². The van der Waals surface area contributed by atoms with Gasteiger partial charge in [0.1, 0.15) is 0 Å². The third-order valence-electron chi connectivity index (χ3n) is 8.05. The molecule has 1 atom stereocenters. The van der Waals surface area contributed by atoms with Gasteiger partial charge in [-0.2, -0.15) is 5.10 Å². The summed E-state index contributed by atoms with van der Waals surface area (Å²) in [7, 11) is 0. The molecule has 0 bridgehead atoms. The molecule has 12 heteroatoms. The monoisotopic (exact) mass is 570 g/mol. The van der Waals surface area contributed by atoms with Gasteiger partial charge in [-0.3, -0.25) is 14.8 Å². The normalized spacial score (nSPS) is 18.3. The van der Waals surface area contributed by atoms with Gasteiger partial charge >= 0.3 is 0 Å². The lowest BCUT2D eigenvalue weighted by molar-refractivity contribution is 0.0309. The van der Waals surface area contributed by atoms with Crippen molar-refractivity contribution in [3.8, 4) is 11.3 Å². The van der Waals surface area contributed by atoms with Crippen LogP contribution in [-0.4, -0.2) is 71.8 Å². The van der Waals surface area contributed by atoms with E-state index in [1.54, 1.807) is 23.3 Å². The van der Waals surface area contributed by atoms with Gasteiger partial charge in [-0.1, -0.05) is 17.3 Å². The number of benzene rings is 1. The number of nitrogens with zero attached hydrogens (tertiary/aromatic N) is 7. The van der Waals surface area contributed by atoms with E-state index in [2.05, 4.69) is 59.2 Å².